The van der Waals surface area contributed by atoms with Crippen LogP contribution in [0.1, 0.15) is 54.1 Å². The predicted molar refractivity (Wildman–Crippen MR) is 84.3 cm³/mol. The summed E-state index contributed by atoms with van der Waals surface area (Å²) in [6, 6.07) is 14.7. The fourth-order valence-corrected chi connectivity index (χ4v) is 3.02. The molecular formula is C19H20O2. The number of carbonyl (C=O) groups is 1. The lowest BCUT2D eigenvalue weighted by Crippen LogP contribution is -1.95. The van der Waals surface area contributed by atoms with Crippen molar-refractivity contribution in [2.75, 3.05) is 0 Å². The fraction of sp³-hybridized carbons (Fsp3) is 0.316. The van der Waals surface area contributed by atoms with Gasteiger partial charge in [0.05, 0.1) is 5.56 Å². The molecule has 1 aliphatic rings. The van der Waals surface area contributed by atoms with Gasteiger partial charge in [-0.1, -0.05) is 44.2 Å². The summed E-state index contributed by atoms with van der Waals surface area (Å²) in [7, 11) is 0. The maximum absolute atomic E-state index is 11.5. The van der Waals surface area contributed by atoms with E-state index < -0.39 is 0 Å². The van der Waals surface area contributed by atoms with Gasteiger partial charge in [0.25, 0.3) is 0 Å². The topological polar surface area (TPSA) is 26.3 Å². The Morgan fingerprint density at radius 2 is 1.67 bits per heavy atom. The summed E-state index contributed by atoms with van der Waals surface area (Å²) in [4.78, 5) is 11.5. The van der Waals surface area contributed by atoms with Crippen LogP contribution in [0.5, 0.6) is 0 Å². The first-order valence-electron chi connectivity index (χ1n) is 7.63. The average Bonchev–Trinajstić information content (AvgIpc) is 2.90. The van der Waals surface area contributed by atoms with Gasteiger partial charge in [-0.2, -0.15) is 0 Å². The molecule has 2 nitrogen and oxygen atoms in total. The number of carbonyl (C=O) groups excluding carboxylic acids is 1. The lowest BCUT2D eigenvalue weighted by Gasteiger charge is -2.13. The molecule has 0 unspecified atom stereocenters. The van der Waals surface area contributed by atoms with Crippen LogP contribution < -0.4 is 0 Å². The minimum Gasteiger partial charge on any atom is -0.457 e. The van der Waals surface area contributed by atoms with E-state index in [0.717, 1.165) is 11.1 Å². The SMILES string of the molecule is CCC(CC)c1ccc(-c2ccc3c(c2)COC3=O)cc1. The van der Waals surface area contributed by atoms with E-state index in [0.29, 0.717) is 18.1 Å². The molecular weight excluding hydrogens is 260 g/mol. The van der Waals surface area contributed by atoms with Gasteiger partial charge in [-0.3, -0.25) is 0 Å². The Labute approximate surface area is 125 Å². The van der Waals surface area contributed by atoms with Crippen molar-refractivity contribution < 1.29 is 9.53 Å². The van der Waals surface area contributed by atoms with Crippen LogP contribution in [0.15, 0.2) is 42.5 Å². The van der Waals surface area contributed by atoms with Gasteiger partial charge in [0, 0.05) is 5.56 Å². The molecule has 2 aromatic rings. The van der Waals surface area contributed by atoms with E-state index in [1.165, 1.54) is 24.0 Å². The molecule has 1 heterocycles. The summed E-state index contributed by atoms with van der Waals surface area (Å²) in [5.41, 5.74) is 5.42. The standard InChI is InChI=1S/C19H20O2/c1-3-13(4-2)14-5-7-15(8-6-14)16-9-10-18-17(11-16)12-21-19(18)20/h5-11,13H,3-4,12H2,1-2H3. The Kier molecular flexibility index (Phi) is 3.78. The number of fused-ring (bicyclic) bond motifs is 1. The molecule has 1 aliphatic heterocycles. The number of hydrogen-bond donors (Lipinski definition) is 0. The van der Waals surface area contributed by atoms with E-state index in [2.05, 4.69) is 44.2 Å². The zero-order chi connectivity index (χ0) is 14.8. The Bertz CT molecular complexity index is 652. The maximum Gasteiger partial charge on any atom is 0.338 e. The number of ether oxygens (including phenoxy) is 1. The molecule has 0 bridgehead atoms. The summed E-state index contributed by atoms with van der Waals surface area (Å²) in [6.07, 6.45) is 2.35. The van der Waals surface area contributed by atoms with Crippen LogP contribution >= 0.6 is 0 Å². The van der Waals surface area contributed by atoms with Gasteiger partial charge >= 0.3 is 5.97 Å². The van der Waals surface area contributed by atoms with E-state index in [9.17, 15) is 4.79 Å². The highest BCUT2D eigenvalue weighted by atomic mass is 16.5. The summed E-state index contributed by atoms with van der Waals surface area (Å²) in [6.45, 7) is 4.87. The fourth-order valence-electron chi connectivity index (χ4n) is 3.02. The van der Waals surface area contributed by atoms with Crippen molar-refractivity contribution in [2.24, 2.45) is 0 Å². The molecule has 0 fully saturated rings. The Morgan fingerprint density at radius 1 is 1.00 bits per heavy atom. The number of rotatable bonds is 4. The summed E-state index contributed by atoms with van der Waals surface area (Å²) < 4.78 is 5.05. The van der Waals surface area contributed by atoms with Crippen molar-refractivity contribution in [3.63, 3.8) is 0 Å². The third kappa shape index (κ3) is 2.58. The second-order valence-corrected chi connectivity index (χ2v) is 5.58. The lowest BCUT2D eigenvalue weighted by atomic mass is 9.92. The molecule has 108 valence electrons. The van der Waals surface area contributed by atoms with E-state index >= 15 is 0 Å². The predicted octanol–water partition coefficient (Wildman–Crippen LogP) is 4.93. The molecule has 21 heavy (non-hydrogen) atoms. The zero-order valence-electron chi connectivity index (χ0n) is 12.6. The van der Waals surface area contributed by atoms with Gasteiger partial charge in [0.15, 0.2) is 0 Å². The largest absolute Gasteiger partial charge is 0.457 e. The average molecular weight is 280 g/mol. The molecule has 0 saturated carbocycles. The zero-order valence-corrected chi connectivity index (χ0v) is 12.6. The van der Waals surface area contributed by atoms with Crippen LogP contribution in [0.2, 0.25) is 0 Å². The normalized spacial score (nSPS) is 13.4. The smallest absolute Gasteiger partial charge is 0.338 e. The van der Waals surface area contributed by atoms with Crippen LogP contribution in [0.4, 0.5) is 0 Å². The number of benzene rings is 2. The van der Waals surface area contributed by atoms with Crippen LogP contribution in [-0.2, 0) is 11.3 Å². The molecule has 0 N–H and O–H groups in total. The molecule has 0 aliphatic carbocycles. The highest BCUT2D eigenvalue weighted by Crippen LogP contribution is 2.29. The monoisotopic (exact) mass is 280 g/mol. The Morgan fingerprint density at radius 3 is 2.33 bits per heavy atom. The molecule has 0 amide bonds. The molecule has 3 rings (SSSR count). The molecule has 2 aromatic carbocycles. The third-order valence-electron chi connectivity index (χ3n) is 4.38. The summed E-state index contributed by atoms with van der Waals surface area (Å²) >= 11 is 0. The van der Waals surface area contributed by atoms with E-state index in [1.807, 2.05) is 12.1 Å². The first-order chi connectivity index (χ1) is 10.2. The summed E-state index contributed by atoms with van der Waals surface area (Å²) in [5.74, 6) is 0.436. The van der Waals surface area contributed by atoms with Crippen molar-refractivity contribution in [3.8, 4) is 11.1 Å². The molecule has 0 aromatic heterocycles. The van der Waals surface area contributed by atoms with Crippen molar-refractivity contribution in [3.05, 3.63) is 59.2 Å². The number of hydrogen-bond acceptors (Lipinski definition) is 2. The van der Waals surface area contributed by atoms with Crippen LogP contribution in [0.25, 0.3) is 11.1 Å². The highest BCUT2D eigenvalue weighted by molar-refractivity contribution is 5.94. The first-order valence-corrected chi connectivity index (χ1v) is 7.63. The number of cyclic esters (lactones) is 1. The van der Waals surface area contributed by atoms with Crippen LogP contribution in [-0.4, -0.2) is 5.97 Å². The Balaban J connectivity index is 1.89. The first kappa shape index (κ1) is 13.9. The van der Waals surface area contributed by atoms with Gasteiger partial charge in [0.1, 0.15) is 6.61 Å². The van der Waals surface area contributed by atoms with E-state index in [1.54, 1.807) is 0 Å². The molecule has 2 heteroatoms. The molecule has 0 spiro atoms. The summed E-state index contributed by atoms with van der Waals surface area (Å²) in [5, 5.41) is 0. The maximum atomic E-state index is 11.5. The van der Waals surface area contributed by atoms with Crippen molar-refractivity contribution >= 4 is 5.97 Å². The quantitative estimate of drug-likeness (QED) is 0.742. The van der Waals surface area contributed by atoms with Crippen LogP contribution in [0.3, 0.4) is 0 Å². The molecule has 0 atom stereocenters. The van der Waals surface area contributed by atoms with Crippen molar-refractivity contribution in [1.82, 2.24) is 0 Å². The second kappa shape index (κ2) is 5.72. The molecule has 0 saturated heterocycles. The number of esters is 1. The van der Waals surface area contributed by atoms with Gasteiger partial charge in [-0.15, -0.1) is 0 Å². The minimum atomic E-state index is -0.208. The highest BCUT2D eigenvalue weighted by Gasteiger charge is 2.21. The van der Waals surface area contributed by atoms with E-state index in [4.69, 9.17) is 4.74 Å². The van der Waals surface area contributed by atoms with Crippen molar-refractivity contribution in [1.29, 1.82) is 0 Å². The minimum absolute atomic E-state index is 0.208. The third-order valence-corrected chi connectivity index (χ3v) is 4.38. The van der Waals surface area contributed by atoms with Crippen LogP contribution in [0, 0.1) is 0 Å². The van der Waals surface area contributed by atoms with Gasteiger partial charge in [-0.05, 0) is 47.6 Å². The second-order valence-electron chi connectivity index (χ2n) is 5.58. The van der Waals surface area contributed by atoms with Gasteiger partial charge < -0.3 is 4.74 Å². The lowest BCUT2D eigenvalue weighted by molar-refractivity contribution is 0.0535. The van der Waals surface area contributed by atoms with Crippen molar-refractivity contribution in [2.45, 2.75) is 39.2 Å². The van der Waals surface area contributed by atoms with Gasteiger partial charge in [-0.25, -0.2) is 4.79 Å². The van der Waals surface area contributed by atoms with E-state index in [-0.39, 0.29) is 5.97 Å². The molecule has 0 radical (unpaired) electrons. The van der Waals surface area contributed by atoms with Gasteiger partial charge in [0.2, 0.25) is 0 Å². The Hall–Kier alpha value is -2.09.